The summed E-state index contributed by atoms with van der Waals surface area (Å²) < 4.78 is 7.22. The average molecular weight is 990 g/mol. The Morgan fingerprint density at radius 1 is 0.293 bits per heavy atom. The second-order valence-electron chi connectivity index (χ2n) is 19.3. The standard InChI is InChI=1S/C70H43N3S2/c1-5-17-44(18-6-1)47-31-34-61-59(41-47)66-56(28-16-29-62(66)73(61)55-25-11-4-12-26-55)49-23-15-24-51(37-49)70-71-67(50-33-36-64-58(43-50)57-27-13-14-30-63(57)74-64)69-68(72-70)60-42-48(32-35-65(60)75-69)54-39-52(45-19-7-2-8-20-45)38-53(40-54)46-21-9-3-10-22-46/h1-43H. The molecule has 4 aromatic heterocycles. The summed E-state index contributed by atoms with van der Waals surface area (Å²) in [6, 6.07) is 94.7. The molecule has 0 amide bonds. The van der Waals surface area contributed by atoms with Crippen molar-refractivity contribution in [1.82, 2.24) is 14.5 Å². The van der Waals surface area contributed by atoms with Gasteiger partial charge in [0, 0.05) is 57.8 Å². The minimum atomic E-state index is 0.697. The quantitative estimate of drug-likeness (QED) is 0.152. The van der Waals surface area contributed by atoms with Gasteiger partial charge < -0.3 is 4.57 Å². The lowest BCUT2D eigenvalue weighted by Crippen LogP contribution is -1.94. The molecule has 350 valence electrons. The van der Waals surface area contributed by atoms with Gasteiger partial charge in [0.15, 0.2) is 5.82 Å². The van der Waals surface area contributed by atoms with Crippen LogP contribution in [0, 0.1) is 0 Å². The van der Waals surface area contributed by atoms with Gasteiger partial charge in [-0.3, -0.25) is 0 Å². The van der Waals surface area contributed by atoms with Crippen molar-refractivity contribution in [3.8, 4) is 84.0 Å². The molecule has 75 heavy (non-hydrogen) atoms. The maximum Gasteiger partial charge on any atom is 0.160 e. The summed E-state index contributed by atoms with van der Waals surface area (Å²) in [6.07, 6.45) is 0. The van der Waals surface area contributed by atoms with Crippen LogP contribution in [0.2, 0.25) is 0 Å². The van der Waals surface area contributed by atoms with E-state index in [1.807, 2.05) is 11.3 Å². The summed E-state index contributed by atoms with van der Waals surface area (Å²) in [7, 11) is 0. The van der Waals surface area contributed by atoms with E-state index in [1.54, 1.807) is 11.3 Å². The zero-order chi connectivity index (χ0) is 49.4. The van der Waals surface area contributed by atoms with Crippen molar-refractivity contribution in [2.75, 3.05) is 0 Å². The molecular formula is C70H43N3S2. The van der Waals surface area contributed by atoms with E-state index >= 15 is 0 Å². The number of nitrogens with zero attached hydrogens (tertiary/aromatic N) is 3. The van der Waals surface area contributed by atoms with Gasteiger partial charge in [-0.2, -0.15) is 0 Å². The highest BCUT2D eigenvalue weighted by Gasteiger charge is 2.21. The van der Waals surface area contributed by atoms with Crippen LogP contribution in [0.3, 0.4) is 0 Å². The molecule has 3 nitrogen and oxygen atoms in total. The van der Waals surface area contributed by atoms with E-state index in [2.05, 4.69) is 265 Å². The van der Waals surface area contributed by atoms with Crippen LogP contribution >= 0.6 is 22.7 Å². The molecule has 4 heterocycles. The Kier molecular flexibility index (Phi) is 10.3. The first-order valence-electron chi connectivity index (χ1n) is 25.4. The van der Waals surface area contributed by atoms with Crippen LogP contribution in [0.25, 0.3) is 146 Å². The highest BCUT2D eigenvalue weighted by Crippen LogP contribution is 2.45. The first-order valence-corrected chi connectivity index (χ1v) is 27.0. The Labute approximate surface area is 441 Å². The molecule has 11 aromatic carbocycles. The topological polar surface area (TPSA) is 30.7 Å². The molecule has 0 N–H and O–H groups in total. The molecule has 15 rings (SSSR count). The lowest BCUT2D eigenvalue weighted by Gasteiger charge is -2.12. The minimum Gasteiger partial charge on any atom is -0.309 e. The molecule has 15 aromatic rings. The van der Waals surface area contributed by atoms with Crippen LogP contribution in [0.4, 0.5) is 0 Å². The maximum atomic E-state index is 5.62. The Bertz CT molecular complexity index is 4630. The van der Waals surface area contributed by atoms with Gasteiger partial charge in [-0.25, -0.2) is 9.97 Å². The van der Waals surface area contributed by atoms with Crippen LogP contribution in [-0.2, 0) is 0 Å². The second kappa shape index (κ2) is 17.7. The van der Waals surface area contributed by atoms with Gasteiger partial charge >= 0.3 is 0 Å². The van der Waals surface area contributed by atoms with Crippen molar-refractivity contribution >= 4 is 85.0 Å². The summed E-state index contributed by atoms with van der Waals surface area (Å²) >= 11 is 3.62. The number of thiophene rings is 2. The molecule has 0 aliphatic carbocycles. The number of para-hydroxylation sites is 1. The van der Waals surface area contributed by atoms with Crippen molar-refractivity contribution < 1.29 is 0 Å². The predicted molar refractivity (Wildman–Crippen MR) is 320 cm³/mol. The van der Waals surface area contributed by atoms with Gasteiger partial charge in [-0.1, -0.05) is 176 Å². The molecule has 0 bridgehead atoms. The van der Waals surface area contributed by atoms with Crippen LogP contribution in [-0.4, -0.2) is 14.5 Å². The Morgan fingerprint density at radius 2 is 0.813 bits per heavy atom. The molecule has 0 saturated carbocycles. The number of rotatable bonds is 8. The van der Waals surface area contributed by atoms with E-state index in [9.17, 15) is 0 Å². The van der Waals surface area contributed by atoms with Crippen molar-refractivity contribution in [3.05, 3.63) is 261 Å². The van der Waals surface area contributed by atoms with Gasteiger partial charge in [0.25, 0.3) is 0 Å². The summed E-state index contributed by atoms with van der Waals surface area (Å²) in [5.41, 5.74) is 19.1. The van der Waals surface area contributed by atoms with Gasteiger partial charge in [-0.15, -0.1) is 22.7 Å². The lowest BCUT2D eigenvalue weighted by molar-refractivity contribution is 1.18. The Morgan fingerprint density at radius 3 is 1.55 bits per heavy atom. The first kappa shape index (κ1) is 43.3. The molecule has 0 saturated heterocycles. The van der Waals surface area contributed by atoms with Crippen molar-refractivity contribution in [1.29, 1.82) is 0 Å². The highest BCUT2D eigenvalue weighted by molar-refractivity contribution is 7.26. The summed E-state index contributed by atoms with van der Waals surface area (Å²) in [5, 5.41) is 6.05. The van der Waals surface area contributed by atoms with Crippen molar-refractivity contribution in [2.45, 2.75) is 0 Å². The fourth-order valence-corrected chi connectivity index (χ4v) is 13.4. The smallest absolute Gasteiger partial charge is 0.160 e. The van der Waals surface area contributed by atoms with Crippen LogP contribution in [0.5, 0.6) is 0 Å². The molecule has 5 heteroatoms. The first-order chi connectivity index (χ1) is 37.1. The lowest BCUT2D eigenvalue weighted by atomic mass is 9.93. The van der Waals surface area contributed by atoms with Gasteiger partial charge in [0.2, 0.25) is 0 Å². The molecule has 0 atom stereocenters. The average Bonchev–Trinajstić information content (AvgIpc) is 4.17. The van der Waals surface area contributed by atoms with E-state index in [4.69, 9.17) is 9.97 Å². The summed E-state index contributed by atoms with van der Waals surface area (Å²) in [4.78, 5) is 11.2. The molecule has 0 spiro atoms. The fourth-order valence-electron chi connectivity index (χ4n) is 11.2. The molecular weight excluding hydrogens is 947 g/mol. The number of aromatic nitrogens is 3. The van der Waals surface area contributed by atoms with E-state index in [0.29, 0.717) is 5.82 Å². The van der Waals surface area contributed by atoms with Gasteiger partial charge in [0.1, 0.15) is 0 Å². The van der Waals surface area contributed by atoms with Crippen LogP contribution in [0.15, 0.2) is 261 Å². The zero-order valence-corrected chi connectivity index (χ0v) is 42.1. The van der Waals surface area contributed by atoms with Gasteiger partial charge in [0.05, 0.1) is 26.9 Å². The van der Waals surface area contributed by atoms with E-state index in [0.717, 1.165) is 65.9 Å². The molecule has 0 fully saturated rings. The van der Waals surface area contributed by atoms with Crippen LogP contribution in [0.1, 0.15) is 0 Å². The molecule has 0 radical (unpaired) electrons. The number of fused-ring (bicyclic) bond motifs is 9. The van der Waals surface area contributed by atoms with Crippen molar-refractivity contribution in [3.63, 3.8) is 0 Å². The fraction of sp³-hybridized carbons (Fsp3) is 0. The second-order valence-corrected chi connectivity index (χ2v) is 21.4. The third-order valence-electron chi connectivity index (χ3n) is 14.8. The normalized spacial score (nSPS) is 11.7. The number of benzene rings is 11. The molecule has 0 aliphatic heterocycles. The number of hydrogen-bond donors (Lipinski definition) is 0. The SMILES string of the molecule is c1ccc(-c2cc(-c3ccccc3)cc(-c3ccc4sc5c(-c6ccc7sc8ccccc8c7c6)nc(-c6cccc(-c7cccc8c7c7cc(-c9ccccc9)ccc7n8-c7ccccc7)c6)nc5c4c3)c2)cc1. The summed E-state index contributed by atoms with van der Waals surface area (Å²) in [6.45, 7) is 0. The maximum absolute atomic E-state index is 5.62. The predicted octanol–water partition coefficient (Wildman–Crippen LogP) is 20.0. The third kappa shape index (κ3) is 7.47. The zero-order valence-electron chi connectivity index (χ0n) is 40.5. The van der Waals surface area contributed by atoms with Crippen LogP contribution < -0.4 is 0 Å². The Balaban J connectivity index is 0.941. The minimum absolute atomic E-state index is 0.697. The number of hydrogen-bond acceptors (Lipinski definition) is 4. The van der Waals surface area contributed by atoms with E-state index in [1.165, 1.54) is 74.5 Å². The molecule has 0 aliphatic rings. The Hall–Kier alpha value is -9.26. The highest BCUT2D eigenvalue weighted by atomic mass is 32.1. The summed E-state index contributed by atoms with van der Waals surface area (Å²) in [5.74, 6) is 0.697. The van der Waals surface area contributed by atoms with E-state index < -0.39 is 0 Å². The van der Waals surface area contributed by atoms with E-state index in [-0.39, 0.29) is 0 Å². The monoisotopic (exact) mass is 989 g/mol. The van der Waals surface area contributed by atoms with Gasteiger partial charge in [-0.05, 0) is 141 Å². The largest absolute Gasteiger partial charge is 0.309 e. The molecule has 0 unspecified atom stereocenters. The third-order valence-corrected chi connectivity index (χ3v) is 17.1. The van der Waals surface area contributed by atoms with Crippen molar-refractivity contribution in [2.24, 2.45) is 0 Å².